The molecule has 11 nitrogen and oxygen atoms in total. The van der Waals surface area contributed by atoms with Crippen LogP contribution in [0.15, 0.2) is 45.7 Å². The molecule has 1 aliphatic heterocycles. The van der Waals surface area contributed by atoms with Gasteiger partial charge in [0.25, 0.3) is 11.8 Å². The summed E-state index contributed by atoms with van der Waals surface area (Å²) in [7, 11) is 0. The van der Waals surface area contributed by atoms with E-state index in [1.807, 2.05) is 13.0 Å². The summed E-state index contributed by atoms with van der Waals surface area (Å²) in [6.07, 6.45) is 0.401. The van der Waals surface area contributed by atoms with Crippen molar-refractivity contribution < 1.29 is 28.4 Å². The number of aromatic nitrogens is 2. The number of aromatic amines is 1. The number of H-pyrrole nitrogens is 1. The van der Waals surface area contributed by atoms with Crippen molar-refractivity contribution in [3.8, 4) is 17.1 Å². The van der Waals surface area contributed by atoms with E-state index in [1.165, 1.54) is 0 Å². The lowest BCUT2D eigenvalue weighted by Gasteiger charge is -2.27. The van der Waals surface area contributed by atoms with Crippen LogP contribution in [-0.2, 0) is 20.7 Å². The SMILES string of the molecule is CCOC(=O)CCNC(=O)C1CCc2cc(C)cc(NC(=O)c3ccc(-c4noc(=O)[nH]4)cc3)c2O1. The van der Waals surface area contributed by atoms with E-state index in [0.29, 0.717) is 35.4 Å². The van der Waals surface area contributed by atoms with E-state index in [0.717, 1.165) is 11.1 Å². The predicted molar refractivity (Wildman–Crippen MR) is 129 cm³/mol. The molecule has 0 saturated carbocycles. The molecule has 3 aromatic rings. The number of carbonyl (C=O) groups excluding carboxylic acids is 3. The summed E-state index contributed by atoms with van der Waals surface area (Å²) in [6.45, 7) is 4.08. The minimum atomic E-state index is -0.748. The molecule has 2 heterocycles. The van der Waals surface area contributed by atoms with Crippen molar-refractivity contribution in [3.05, 3.63) is 63.6 Å². The molecule has 2 amide bonds. The quantitative estimate of drug-likeness (QED) is 0.404. The summed E-state index contributed by atoms with van der Waals surface area (Å²) < 4.78 is 15.4. The van der Waals surface area contributed by atoms with E-state index in [4.69, 9.17) is 9.47 Å². The lowest BCUT2D eigenvalue weighted by atomic mass is 9.98. The largest absolute Gasteiger partial charge is 0.478 e. The van der Waals surface area contributed by atoms with Crippen LogP contribution in [0.5, 0.6) is 5.75 Å². The topological polar surface area (TPSA) is 153 Å². The van der Waals surface area contributed by atoms with Gasteiger partial charge in [-0.05, 0) is 56.0 Å². The number of ether oxygens (including phenoxy) is 2. The molecule has 0 spiro atoms. The molecule has 0 bridgehead atoms. The van der Waals surface area contributed by atoms with Gasteiger partial charge in [-0.25, -0.2) is 4.79 Å². The smallest absolute Gasteiger partial charge is 0.439 e. The van der Waals surface area contributed by atoms with Gasteiger partial charge in [-0.2, -0.15) is 0 Å². The molecule has 0 aliphatic carbocycles. The molecule has 36 heavy (non-hydrogen) atoms. The van der Waals surface area contributed by atoms with Crippen molar-refractivity contribution in [2.45, 2.75) is 39.2 Å². The minimum Gasteiger partial charge on any atom is -0.478 e. The Labute approximate surface area is 206 Å². The Morgan fingerprint density at radius 2 is 1.97 bits per heavy atom. The molecule has 0 fully saturated rings. The van der Waals surface area contributed by atoms with Crippen LogP contribution in [0.3, 0.4) is 0 Å². The maximum Gasteiger partial charge on any atom is 0.439 e. The summed E-state index contributed by atoms with van der Waals surface area (Å²) in [5, 5.41) is 9.20. The third-order valence-corrected chi connectivity index (χ3v) is 5.58. The van der Waals surface area contributed by atoms with Crippen LogP contribution in [0, 0.1) is 6.92 Å². The zero-order valence-corrected chi connectivity index (χ0v) is 19.9. The van der Waals surface area contributed by atoms with Gasteiger partial charge in [0.2, 0.25) is 0 Å². The third kappa shape index (κ3) is 5.80. The van der Waals surface area contributed by atoms with E-state index < -0.39 is 11.9 Å². The van der Waals surface area contributed by atoms with Crippen LogP contribution in [-0.4, -0.2) is 47.2 Å². The Morgan fingerprint density at radius 3 is 2.67 bits per heavy atom. The van der Waals surface area contributed by atoms with E-state index in [9.17, 15) is 19.2 Å². The van der Waals surface area contributed by atoms with E-state index >= 15 is 0 Å². The summed E-state index contributed by atoms with van der Waals surface area (Å²) in [5.41, 5.74) is 3.26. The van der Waals surface area contributed by atoms with Crippen LogP contribution >= 0.6 is 0 Å². The van der Waals surface area contributed by atoms with Gasteiger partial charge in [0, 0.05) is 17.7 Å². The Morgan fingerprint density at radius 1 is 1.19 bits per heavy atom. The van der Waals surface area contributed by atoms with Crippen molar-refractivity contribution in [2.24, 2.45) is 0 Å². The number of nitrogens with one attached hydrogen (secondary N) is 3. The second-order valence-electron chi connectivity index (χ2n) is 8.27. The van der Waals surface area contributed by atoms with Crippen LogP contribution in [0.25, 0.3) is 11.4 Å². The molecule has 4 rings (SSSR count). The average molecular weight is 495 g/mol. The van der Waals surface area contributed by atoms with E-state index in [1.54, 1.807) is 37.3 Å². The molecule has 0 saturated heterocycles. The van der Waals surface area contributed by atoms with Gasteiger partial charge in [-0.1, -0.05) is 23.4 Å². The van der Waals surface area contributed by atoms with Gasteiger partial charge in [0.05, 0.1) is 18.7 Å². The molecule has 0 radical (unpaired) electrons. The Hall–Kier alpha value is -4.41. The zero-order chi connectivity index (χ0) is 25.7. The number of amides is 2. The molecule has 3 N–H and O–H groups in total. The van der Waals surface area contributed by atoms with Crippen LogP contribution < -0.4 is 21.1 Å². The van der Waals surface area contributed by atoms with Crippen molar-refractivity contribution in [2.75, 3.05) is 18.5 Å². The van der Waals surface area contributed by atoms with Crippen molar-refractivity contribution in [1.29, 1.82) is 0 Å². The molecule has 1 aliphatic rings. The number of esters is 1. The highest BCUT2D eigenvalue weighted by Gasteiger charge is 2.28. The second-order valence-corrected chi connectivity index (χ2v) is 8.27. The standard InChI is InChI=1S/C25H26N4O7/c1-3-34-20(30)10-11-26-24(32)19-9-8-17-12-14(2)13-18(21(17)35-19)27-23(31)16-6-4-15(5-7-16)22-28-25(33)36-29-22/h4-7,12-13,19H,3,8-11H2,1-2H3,(H,26,32)(H,27,31)(H,28,29,33). The first kappa shape index (κ1) is 24.7. The number of benzene rings is 2. The lowest BCUT2D eigenvalue weighted by molar-refractivity contribution is -0.143. The fraction of sp³-hybridized carbons (Fsp3) is 0.320. The van der Waals surface area contributed by atoms with Crippen molar-refractivity contribution in [1.82, 2.24) is 15.5 Å². The van der Waals surface area contributed by atoms with Gasteiger partial charge in [0.15, 0.2) is 11.9 Å². The lowest BCUT2D eigenvalue weighted by Crippen LogP contribution is -2.41. The third-order valence-electron chi connectivity index (χ3n) is 5.58. The molecule has 2 aromatic carbocycles. The molecule has 188 valence electrons. The van der Waals surface area contributed by atoms with Gasteiger partial charge >= 0.3 is 11.7 Å². The number of rotatable bonds is 8. The number of fused-ring (bicyclic) bond motifs is 1. The van der Waals surface area contributed by atoms with Crippen LogP contribution in [0.4, 0.5) is 5.69 Å². The molecular weight excluding hydrogens is 468 g/mol. The average Bonchev–Trinajstić information content (AvgIpc) is 3.30. The molecule has 1 aromatic heterocycles. The zero-order valence-electron chi connectivity index (χ0n) is 19.9. The maximum absolute atomic E-state index is 13.0. The highest BCUT2D eigenvalue weighted by Crippen LogP contribution is 2.36. The highest BCUT2D eigenvalue weighted by molar-refractivity contribution is 6.05. The molecule has 1 unspecified atom stereocenters. The Bertz CT molecular complexity index is 1330. The summed E-state index contributed by atoms with van der Waals surface area (Å²) >= 11 is 0. The predicted octanol–water partition coefficient (Wildman–Crippen LogP) is 2.35. The second kappa shape index (κ2) is 10.9. The van der Waals surface area contributed by atoms with Gasteiger partial charge in [-0.15, -0.1) is 0 Å². The summed E-state index contributed by atoms with van der Waals surface area (Å²) in [4.78, 5) is 50.7. The number of carbonyl (C=O) groups is 3. The number of aryl methyl sites for hydroxylation is 2. The number of hydrogen-bond acceptors (Lipinski definition) is 8. The van der Waals surface area contributed by atoms with Crippen LogP contribution in [0.1, 0.15) is 41.3 Å². The van der Waals surface area contributed by atoms with E-state index in [2.05, 4.69) is 25.3 Å². The first-order chi connectivity index (χ1) is 17.3. The maximum atomic E-state index is 13.0. The minimum absolute atomic E-state index is 0.0783. The highest BCUT2D eigenvalue weighted by atomic mass is 16.5. The number of hydrogen-bond donors (Lipinski definition) is 3. The van der Waals surface area contributed by atoms with Crippen molar-refractivity contribution in [3.63, 3.8) is 0 Å². The number of nitrogens with zero attached hydrogens (tertiary/aromatic N) is 1. The van der Waals surface area contributed by atoms with Gasteiger partial charge in [0.1, 0.15) is 5.75 Å². The van der Waals surface area contributed by atoms with E-state index in [-0.39, 0.29) is 43.2 Å². The Balaban J connectivity index is 1.44. The van der Waals surface area contributed by atoms with Gasteiger partial charge in [-0.3, -0.25) is 23.9 Å². The normalized spacial score (nSPS) is 14.3. The fourth-order valence-corrected chi connectivity index (χ4v) is 3.90. The molecule has 1 atom stereocenters. The number of anilines is 1. The first-order valence-corrected chi connectivity index (χ1v) is 11.6. The fourth-order valence-electron chi connectivity index (χ4n) is 3.90. The Kier molecular flexibility index (Phi) is 7.47. The molecule has 11 heteroatoms. The summed E-state index contributed by atoms with van der Waals surface area (Å²) in [6, 6.07) is 10.2. The van der Waals surface area contributed by atoms with Crippen molar-refractivity contribution >= 4 is 23.5 Å². The van der Waals surface area contributed by atoms with Crippen LogP contribution in [0.2, 0.25) is 0 Å². The van der Waals surface area contributed by atoms with Gasteiger partial charge < -0.3 is 20.1 Å². The summed E-state index contributed by atoms with van der Waals surface area (Å²) in [5.74, 6) is -1.03. The molecular formula is C25H26N4O7. The monoisotopic (exact) mass is 494 g/mol. The first-order valence-electron chi connectivity index (χ1n) is 11.6.